The number of rotatable bonds is 2. The van der Waals surface area contributed by atoms with Crippen LogP contribution in [0.4, 0.5) is 8.78 Å². The van der Waals surface area contributed by atoms with Crippen LogP contribution in [0.15, 0.2) is 109 Å². The summed E-state index contributed by atoms with van der Waals surface area (Å²) in [6.07, 6.45) is 4.45. The van der Waals surface area contributed by atoms with Crippen LogP contribution in [-0.2, 0) is 31.9 Å². The minimum absolute atomic E-state index is 0.213. The molecule has 0 unspecified atom stereocenters. The fraction of sp³-hybridized carbons (Fsp3) is 0.211. The molecule has 4 heterocycles. The van der Waals surface area contributed by atoms with Crippen LogP contribution >= 0.6 is 0 Å². The van der Waals surface area contributed by atoms with E-state index in [9.17, 15) is 0 Å². The lowest BCUT2D eigenvalue weighted by Gasteiger charge is -2.48. The molecule has 0 amide bonds. The Morgan fingerprint density at radius 3 is 1.76 bits per heavy atom. The van der Waals surface area contributed by atoms with Crippen molar-refractivity contribution in [2.45, 2.75) is 36.3 Å². The van der Waals surface area contributed by atoms with Crippen molar-refractivity contribution in [3.63, 3.8) is 0 Å². The van der Waals surface area contributed by atoms with Crippen molar-refractivity contribution in [1.29, 1.82) is 0 Å². The Labute approximate surface area is 242 Å². The van der Waals surface area contributed by atoms with Crippen LogP contribution < -0.4 is 0 Å². The number of benzene rings is 5. The lowest BCUT2D eigenvalue weighted by Crippen LogP contribution is -2.52. The predicted molar refractivity (Wildman–Crippen MR) is 156 cm³/mol. The van der Waals surface area contributed by atoms with E-state index in [-0.39, 0.29) is 11.8 Å². The topological polar surface area (TPSA) is 18.5 Å². The van der Waals surface area contributed by atoms with Crippen molar-refractivity contribution in [1.82, 2.24) is 0 Å². The summed E-state index contributed by atoms with van der Waals surface area (Å²) >= 11 is 0. The predicted octanol–water partition coefficient (Wildman–Crippen LogP) is 8.20. The lowest BCUT2D eigenvalue weighted by molar-refractivity contribution is -0.147. The van der Waals surface area contributed by atoms with Crippen LogP contribution in [0.25, 0.3) is 10.8 Å². The summed E-state index contributed by atoms with van der Waals surface area (Å²) in [5.41, 5.74) is 3.98. The van der Waals surface area contributed by atoms with Gasteiger partial charge in [-0.25, -0.2) is 8.78 Å². The van der Waals surface area contributed by atoms with Gasteiger partial charge in [0.2, 0.25) is 0 Å². The Hall–Kier alpha value is -4.12. The van der Waals surface area contributed by atoms with Gasteiger partial charge in [0.25, 0.3) is 0 Å². The molecule has 5 aliphatic rings. The van der Waals surface area contributed by atoms with Gasteiger partial charge in [0, 0.05) is 11.8 Å². The summed E-state index contributed by atoms with van der Waals surface area (Å²) in [6, 6.07) is 32.3. The highest BCUT2D eigenvalue weighted by atomic mass is 19.2. The first kappa shape index (κ1) is 23.4. The maximum absolute atomic E-state index is 15.4. The second-order valence-electron chi connectivity index (χ2n) is 12.8. The second-order valence-corrected chi connectivity index (χ2v) is 12.8. The third kappa shape index (κ3) is 2.26. The van der Waals surface area contributed by atoms with Crippen molar-refractivity contribution in [2.75, 3.05) is 0 Å². The summed E-state index contributed by atoms with van der Waals surface area (Å²) in [7, 11) is 0. The summed E-state index contributed by atoms with van der Waals surface area (Å²) in [5.74, 6) is -2.18. The Morgan fingerprint density at radius 2 is 1.10 bits per heavy atom. The van der Waals surface area contributed by atoms with Gasteiger partial charge in [-0.2, -0.15) is 0 Å². The number of hydrogen-bond acceptors (Lipinski definition) is 2. The van der Waals surface area contributed by atoms with Crippen molar-refractivity contribution in [2.24, 2.45) is 11.8 Å². The highest BCUT2D eigenvalue weighted by Gasteiger charge is 2.86. The molecule has 5 aromatic carbocycles. The maximum Gasteiger partial charge on any atom is 0.159 e. The number of halogens is 2. The molecule has 0 aromatic heterocycles. The average molecular weight is 553 g/mol. The zero-order chi connectivity index (χ0) is 28.2. The Morgan fingerprint density at radius 1 is 0.548 bits per heavy atom. The first-order chi connectivity index (χ1) is 20.3. The SMILES string of the molecule is Cc1ccc([C@@]23O[C@]4(c5cc(F)c(F)cc52)c2cccc5cccc(c25)[C@]25C=C[C@](c6ccc(C)cc6)(O2)[C@H]3[C@H]45)cc1. The van der Waals surface area contributed by atoms with Gasteiger partial charge in [0.1, 0.15) is 22.4 Å². The van der Waals surface area contributed by atoms with E-state index in [2.05, 4.69) is 111 Å². The van der Waals surface area contributed by atoms with Gasteiger partial charge in [-0.1, -0.05) is 96.1 Å². The van der Waals surface area contributed by atoms with E-state index in [1.807, 2.05) is 0 Å². The number of hydrogen-bond donors (Lipinski definition) is 0. The zero-order valence-electron chi connectivity index (χ0n) is 23.1. The van der Waals surface area contributed by atoms with Gasteiger partial charge in [0.05, 0.1) is 0 Å². The molecule has 10 rings (SSSR count). The van der Waals surface area contributed by atoms with Crippen molar-refractivity contribution < 1.29 is 18.3 Å². The Kier molecular flexibility index (Phi) is 3.95. The Bertz CT molecular complexity index is 2060. The van der Waals surface area contributed by atoms with E-state index in [1.54, 1.807) is 0 Å². The Balaban J connectivity index is 1.42. The van der Waals surface area contributed by atoms with E-state index < -0.39 is 34.0 Å². The van der Waals surface area contributed by atoms with Crippen LogP contribution in [-0.4, -0.2) is 0 Å². The molecule has 4 aliphatic heterocycles. The minimum Gasteiger partial charge on any atom is -0.350 e. The van der Waals surface area contributed by atoms with E-state index in [0.29, 0.717) is 11.1 Å². The van der Waals surface area contributed by atoms with Gasteiger partial charge >= 0.3 is 0 Å². The third-order valence-electron chi connectivity index (χ3n) is 10.9. The summed E-state index contributed by atoms with van der Waals surface area (Å²) in [5, 5.41) is 2.14. The molecule has 1 aliphatic carbocycles. The molecule has 42 heavy (non-hydrogen) atoms. The van der Waals surface area contributed by atoms with Crippen LogP contribution in [0.5, 0.6) is 0 Å². The van der Waals surface area contributed by atoms with Gasteiger partial charge < -0.3 is 9.47 Å². The largest absolute Gasteiger partial charge is 0.350 e. The average Bonchev–Trinajstić information content (AvgIpc) is 3.72. The molecule has 2 nitrogen and oxygen atoms in total. The lowest BCUT2D eigenvalue weighted by atomic mass is 9.49. The van der Waals surface area contributed by atoms with E-state index in [1.165, 1.54) is 12.1 Å². The molecule has 2 saturated heterocycles. The molecule has 2 spiro atoms. The second kappa shape index (κ2) is 7.08. The molecule has 4 heteroatoms. The van der Waals surface area contributed by atoms with Crippen LogP contribution in [0.3, 0.4) is 0 Å². The van der Waals surface area contributed by atoms with Gasteiger partial charge in [-0.3, -0.25) is 0 Å². The highest BCUT2D eigenvalue weighted by Crippen LogP contribution is 2.83. The molecule has 5 aromatic rings. The fourth-order valence-corrected chi connectivity index (χ4v) is 9.49. The van der Waals surface area contributed by atoms with E-state index in [0.717, 1.165) is 44.2 Å². The third-order valence-corrected chi connectivity index (χ3v) is 10.9. The smallest absolute Gasteiger partial charge is 0.159 e. The molecule has 2 fully saturated rings. The van der Waals surface area contributed by atoms with E-state index >= 15 is 8.78 Å². The monoisotopic (exact) mass is 552 g/mol. The zero-order valence-corrected chi connectivity index (χ0v) is 23.1. The van der Waals surface area contributed by atoms with Gasteiger partial charge in [-0.15, -0.1) is 0 Å². The van der Waals surface area contributed by atoms with Crippen molar-refractivity contribution in [3.05, 3.63) is 165 Å². The van der Waals surface area contributed by atoms with Crippen molar-refractivity contribution >= 4 is 10.8 Å². The van der Waals surface area contributed by atoms with Crippen LogP contribution in [0, 0.1) is 37.3 Å². The molecular weight excluding hydrogens is 526 g/mol. The molecule has 4 bridgehead atoms. The first-order valence-corrected chi connectivity index (χ1v) is 14.6. The first-order valence-electron chi connectivity index (χ1n) is 14.6. The summed E-state index contributed by atoms with van der Waals surface area (Å²) in [4.78, 5) is 0. The molecule has 0 N–H and O–H groups in total. The number of ether oxygens (including phenoxy) is 2. The van der Waals surface area contributed by atoms with Crippen LogP contribution in [0.1, 0.15) is 44.5 Å². The molecule has 0 saturated carbocycles. The highest BCUT2D eigenvalue weighted by molar-refractivity contribution is 5.94. The standard InChI is InChI=1S/C38H26F2O2/c1-21-9-13-24(14-10-21)35-17-18-36(41-35)26-7-3-5-23-6-4-8-27(32(23)26)38-29-20-31(40)30(39)19-28(29)37(42-38,33(35)34(36)38)25-15-11-22(2)12-16-25/h3-20,33-34H,1-2H3/t33-,34+,35-,36+,37-,38+/m1/s1. The summed E-state index contributed by atoms with van der Waals surface area (Å²) < 4.78 is 45.8. The normalized spacial score (nSPS) is 33.8. The quantitative estimate of drug-likeness (QED) is 0.206. The van der Waals surface area contributed by atoms with Crippen molar-refractivity contribution in [3.8, 4) is 0 Å². The molecule has 0 radical (unpaired) electrons. The maximum atomic E-state index is 15.4. The van der Waals surface area contributed by atoms with Gasteiger partial charge in [0.15, 0.2) is 11.6 Å². The van der Waals surface area contributed by atoms with E-state index in [4.69, 9.17) is 9.47 Å². The molecule has 204 valence electrons. The van der Waals surface area contributed by atoms with Gasteiger partial charge in [-0.05, 0) is 82.3 Å². The molecule has 6 atom stereocenters. The summed E-state index contributed by atoms with van der Waals surface area (Å²) in [6.45, 7) is 4.14. The van der Waals surface area contributed by atoms with Crippen LogP contribution in [0.2, 0.25) is 0 Å². The molecular formula is C38H26F2O2. The number of fused-ring (bicyclic) bond motifs is 6. The fourth-order valence-electron chi connectivity index (χ4n) is 9.49. The number of aryl methyl sites for hydroxylation is 2. The minimum atomic E-state index is -1.08.